The highest BCUT2D eigenvalue weighted by Gasteiger charge is 2.17. The van der Waals surface area contributed by atoms with Crippen LogP contribution in [0.3, 0.4) is 0 Å². The van der Waals surface area contributed by atoms with Crippen LogP contribution in [0.2, 0.25) is 0 Å². The quantitative estimate of drug-likeness (QED) is 0.581. The number of hydrogen-bond acceptors (Lipinski definition) is 5. The van der Waals surface area contributed by atoms with Gasteiger partial charge in [-0.05, 0) is 52.1 Å². The van der Waals surface area contributed by atoms with Gasteiger partial charge in [-0.25, -0.2) is 13.1 Å². The van der Waals surface area contributed by atoms with E-state index in [0.717, 1.165) is 0 Å². The van der Waals surface area contributed by atoms with E-state index in [-0.39, 0.29) is 35.8 Å². The van der Waals surface area contributed by atoms with Crippen LogP contribution in [0.25, 0.3) is 0 Å². The second kappa shape index (κ2) is 9.65. The molecule has 0 bridgehead atoms. The van der Waals surface area contributed by atoms with Gasteiger partial charge < -0.3 is 10.6 Å². The van der Waals surface area contributed by atoms with Gasteiger partial charge in [-0.3, -0.25) is 14.5 Å². The summed E-state index contributed by atoms with van der Waals surface area (Å²) in [6.07, 6.45) is 0. The summed E-state index contributed by atoms with van der Waals surface area (Å²) in [4.78, 5) is 25.9. The van der Waals surface area contributed by atoms with Crippen molar-refractivity contribution in [3.8, 4) is 0 Å². The fourth-order valence-electron chi connectivity index (χ4n) is 2.33. The molecule has 0 saturated heterocycles. The number of benzene rings is 1. The van der Waals surface area contributed by atoms with Crippen molar-refractivity contribution in [1.29, 1.82) is 0 Å². The van der Waals surface area contributed by atoms with Crippen molar-refractivity contribution in [2.45, 2.75) is 38.6 Å². The molecule has 0 unspecified atom stereocenters. The number of anilines is 1. The van der Waals surface area contributed by atoms with Crippen molar-refractivity contribution in [2.75, 3.05) is 32.0 Å². The summed E-state index contributed by atoms with van der Waals surface area (Å²) in [5, 5.41) is 5.46. The minimum Gasteiger partial charge on any atom is -0.353 e. The first kappa shape index (κ1) is 22.1. The molecule has 1 aromatic rings. The predicted molar refractivity (Wildman–Crippen MR) is 101 cm³/mol. The van der Waals surface area contributed by atoms with Gasteiger partial charge in [-0.15, -0.1) is 0 Å². The zero-order valence-corrected chi connectivity index (χ0v) is 16.7. The Hall–Kier alpha value is -1.97. The molecule has 0 saturated carbocycles. The lowest BCUT2D eigenvalue weighted by Crippen LogP contribution is -2.42. The average Bonchev–Trinajstić information content (AvgIpc) is 2.55. The maximum absolute atomic E-state index is 12.3. The molecule has 0 spiro atoms. The second-order valence-corrected chi connectivity index (χ2v) is 8.12. The number of rotatable bonds is 9. The van der Waals surface area contributed by atoms with E-state index in [1.54, 1.807) is 24.0 Å². The number of aryl methyl sites for hydroxylation is 1. The van der Waals surface area contributed by atoms with Crippen LogP contribution >= 0.6 is 0 Å². The number of carbonyl (C=O) groups is 2. The van der Waals surface area contributed by atoms with Crippen LogP contribution < -0.4 is 15.4 Å². The van der Waals surface area contributed by atoms with E-state index in [2.05, 4.69) is 15.4 Å². The normalized spacial score (nSPS) is 11.7. The summed E-state index contributed by atoms with van der Waals surface area (Å²) in [5.41, 5.74) is 0.968. The third-order valence-electron chi connectivity index (χ3n) is 3.66. The molecular formula is C17H28N4O4S. The lowest BCUT2D eigenvalue weighted by atomic mass is 10.2. The van der Waals surface area contributed by atoms with Crippen LogP contribution in [0.4, 0.5) is 5.69 Å². The molecule has 8 nitrogen and oxygen atoms in total. The van der Waals surface area contributed by atoms with Gasteiger partial charge in [0, 0.05) is 11.7 Å². The van der Waals surface area contributed by atoms with Gasteiger partial charge in [0.1, 0.15) is 0 Å². The number of carbonyl (C=O) groups excluding carboxylic acids is 2. The van der Waals surface area contributed by atoms with E-state index in [9.17, 15) is 18.0 Å². The number of likely N-dealkylation sites (N-methyl/N-ethyl adjacent to an activating group) is 1. The van der Waals surface area contributed by atoms with Crippen molar-refractivity contribution >= 4 is 27.5 Å². The van der Waals surface area contributed by atoms with Crippen LogP contribution in [-0.2, 0) is 19.6 Å². The van der Waals surface area contributed by atoms with E-state index in [1.165, 1.54) is 13.1 Å². The fraction of sp³-hybridized carbons (Fsp3) is 0.529. The number of amides is 2. The van der Waals surface area contributed by atoms with Gasteiger partial charge in [-0.2, -0.15) is 0 Å². The van der Waals surface area contributed by atoms with Crippen molar-refractivity contribution in [2.24, 2.45) is 0 Å². The minimum atomic E-state index is -3.61. The number of hydrogen-bond donors (Lipinski definition) is 3. The Labute approximate surface area is 155 Å². The van der Waals surface area contributed by atoms with Crippen molar-refractivity contribution in [3.63, 3.8) is 0 Å². The van der Waals surface area contributed by atoms with E-state index >= 15 is 0 Å². The molecule has 0 heterocycles. The van der Waals surface area contributed by atoms with E-state index in [1.807, 2.05) is 20.8 Å². The molecule has 0 fully saturated rings. The van der Waals surface area contributed by atoms with Crippen LogP contribution in [0.15, 0.2) is 23.1 Å². The Morgan fingerprint density at radius 1 is 1.15 bits per heavy atom. The van der Waals surface area contributed by atoms with Gasteiger partial charge in [0.25, 0.3) is 0 Å². The highest BCUT2D eigenvalue weighted by Crippen LogP contribution is 2.19. The topological polar surface area (TPSA) is 108 Å². The third-order valence-corrected chi connectivity index (χ3v) is 5.22. The summed E-state index contributed by atoms with van der Waals surface area (Å²) >= 11 is 0. The van der Waals surface area contributed by atoms with Crippen molar-refractivity contribution in [3.05, 3.63) is 23.8 Å². The van der Waals surface area contributed by atoms with Gasteiger partial charge in [0.2, 0.25) is 21.8 Å². The van der Waals surface area contributed by atoms with Crippen LogP contribution in [0, 0.1) is 6.92 Å². The molecule has 0 aliphatic rings. The van der Waals surface area contributed by atoms with Crippen molar-refractivity contribution < 1.29 is 18.0 Å². The smallest absolute Gasteiger partial charge is 0.240 e. The lowest BCUT2D eigenvalue weighted by molar-refractivity contribution is -0.123. The number of nitrogens with one attached hydrogen (secondary N) is 3. The molecule has 9 heteroatoms. The molecule has 26 heavy (non-hydrogen) atoms. The first-order valence-electron chi connectivity index (χ1n) is 8.44. The van der Waals surface area contributed by atoms with Gasteiger partial charge in [0.05, 0.1) is 18.0 Å². The van der Waals surface area contributed by atoms with Crippen LogP contribution in [0.1, 0.15) is 26.3 Å². The predicted octanol–water partition coefficient (Wildman–Crippen LogP) is 0.688. The first-order valence-corrected chi connectivity index (χ1v) is 9.93. The number of nitrogens with zero attached hydrogens (tertiary/aromatic N) is 1. The highest BCUT2D eigenvalue weighted by molar-refractivity contribution is 7.89. The molecule has 0 aromatic heterocycles. The molecule has 0 aliphatic heterocycles. The molecular weight excluding hydrogens is 356 g/mol. The molecule has 0 aliphatic carbocycles. The maximum Gasteiger partial charge on any atom is 0.240 e. The van der Waals surface area contributed by atoms with Crippen molar-refractivity contribution in [1.82, 2.24) is 14.9 Å². The summed E-state index contributed by atoms with van der Waals surface area (Å²) in [7, 11) is -2.27. The standard InChI is InChI=1S/C17H28N4O4S/c1-6-21(10-16(22)19-12(2)3)11-17(23)20-14-8-7-13(4)15(9-14)26(24,25)18-5/h7-9,12,18H,6,10-11H2,1-5H3,(H,19,22)(H,20,23). The lowest BCUT2D eigenvalue weighted by Gasteiger charge is -2.20. The largest absolute Gasteiger partial charge is 0.353 e. The van der Waals surface area contributed by atoms with Crippen LogP contribution in [0.5, 0.6) is 0 Å². The molecule has 3 N–H and O–H groups in total. The Bertz CT molecular complexity index is 747. The minimum absolute atomic E-state index is 0.0317. The maximum atomic E-state index is 12.3. The molecule has 2 amide bonds. The SMILES string of the molecule is CCN(CC(=O)Nc1ccc(C)c(S(=O)(=O)NC)c1)CC(=O)NC(C)C. The van der Waals surface area contributed by atoms with Gasteiger partial charge in [0.15, 0.2) is 0 Å². The zero-order valence-electron chi connectivity index (χ0n) is 15.9. The Morgan fingerprint density at radius 2 is 1.77 bits per heavy atom. The molecule has 146 valence electrons. The fourth-order valence-corrected chi connectivity index (χ4v) is 3.33. The Morgan fingerprint density at radius 3 is 2.31 bits per heavy atom. The summed E-state index contributed by atoms with van der Waals surface area (Å²) in [6.45, 7) is 7.97. The summed E-state index contributed by atoms with van der Waals surface area (Å²) < 4.78 is 26.3. The Balaban J connectivity index is 2.78. The van der Waals surface area contributed by atoms with Gasteiger partial charge >= 0.3 is 0 Å². The Kier molecular flexibility index (Phi) is 8.19. The van der Waals surface area contributed by atoms with E-state index < -0.39 is 10.0 Å². The molecule has 0 atom stereocenters. The van der Waals surface area contributed by atoms with E-state index in [0.29, 0.717) is 17.8 Å². The third kappa shape index (κ3) is 6.74. The first-order chi connectivity index (χ1) is 12.1. The number of sulfonamides is 1. The van der Waals surface area contributed by atoms with Crippen LogP contribution in [-0.4, -0.2) is 57.9 Å². The molecule has 1 rings (SSSR count). The van der Waals surface area contributed by atoms with Gasteiger partial charge in [-0.1, -0.05) is 13.0 Å². The average molecular weight is 385 g/mol. The second-order valence-electron chi connectivity index (χ2n) is 6.26. The zero-order chi connectivity index (χ0) is 19.9. The summed E-state index contributed by atoms with van der Waals surface area (Å²) in [6, 6.07) is 4.73. The highest BCUT2D eigenvalue weighted by atomic mass is 32.2. The molecule has 1 aromatic carbocycles. The van der Waals surface area contributed by atoms with E-state index in [4.69, 9.17) is 0 Å². The molecule has 0 radical (unpaired) electrons. The monoisotopic (exact) mass is 384 g/mol. The summed E-state index contributed by atoms with van der Waals surface area (Å²) in [5.74, 6) is -0.465.